The van der Waals surface area contributed by atoms with E-state index in [4.69, 9.17) is 4.74 Å². The predicted octanol–water partition coefficient (Wildman–Crippen LogP) is 2.71. The molecule has 0 aliphatic rings. The van der Waals surface area contributed by atoms with Crippen LogP contribution in [0.1, 0.15) is 31.4 Å². The molecule has 1 atom stereocenters. The minimum absolute atomic E-state index is 0.127. The van der Waals surface area contributed by atoms with Gasteiger partial charge in [-0.15, -0.1) is 0 Å². The number of carbonyl (C=O) groups excluding carboxylic acids is 2. The van der Waals surface area contributed by atoms with Crippen molar-refractivity contribution < 1.29 is 22.7 Å². The van der Waals surface area contributed by atoms with Crippen molar-refractivity contribution in [1.82, 2.24) is 10.2 Å². The normalized spacial score (nSPS) is 12.0. The highest BCUT2D eigenvalue weighted by atomic mass is 32.2. The van der Waals surface area contributed by atoms with Gasteiger partial charge < -0.3 is 15.0 Å². The van der Waals surface area contributed by atoms with Gasteiger partial charge >= 0.3 is 0 Å². The van der Waals surface area contributed by atoms with Crippen LogP contribution in [0.25, 0.3) is 0 Å². The number of hydrogen-bond donors (Lipinski definition) is 1. The fourth-order valence-electron chi connectivity index (χ4n) is 3.38. The maximum absolute atomic E-state index is 13.5. The molecule has 0 saturated carbocycles. The van der Waals surface area contributed by atoms with Crippen LogP contribution in [0.2, 0.25) is 0 Å². The van der Waals surface area contributed by atoms with Crippen molar-refractivity contribution in [3.63, 3.8) is 0 Å². The van der Waals surface area contributed by atoms with Crippen molar-refractivity contribution in [3.05, 3.63) is 59.7 Å². The Morgan fingerprint density at radius 1 is 1.12 bits per heavy atom. The molecule has 2 aromatic carbocycles. The topological polar surface area (TPSA) is 96.0 Å². The van der Waals surface area contributed by atoms with Crippen LogP contribution in [0.4, 0.5) is 5.69 Å². The Morgan fingerprint density at radius 3 is 2.42 bits per heavy atom. The highest BCUT2D eigenvalue weighted by Crippen LogP contribution is 2.23. The number of amides is 2. The molecular weight excluding hydrogens is 442 g/mol. The molecule has 0 unspecified atom stereocenters. The molecular formula is C24H33N3O5S. The maximum atomic E-state index is 13.5. The van der Waals surface area contributed by atoms with Crippen LogP contribution in [0, 0.1) is 6.92 Å². The highest BCUT2D eigenvalue weighted by Gasteiger charge is 2.30. The van der Waals surface area contributed by atoms with Crippen molar-refractivity contribution in [1.29, 1.82) is 0 Å². The van der Waals surface area contributed by atoms with Crippen molar-refractivity contribution in [3.8, 4) is 5.75 Å². The van der Waals surface area contributed by atoms with Crippen molar-refractivity contribution in [2.75, 3.05) is 30.8 Å². The minimum Gasteiger partial charge on any atom is -0.497 e. The summed E-state index contributed by atoms with van der Waals surface area (Å²) in [4.78, 5) is 27.6. The Hall–Kier alpha value is -3.07. The zero-order chi connectivity index (χ0) is 24.6. The highest BCUT2D eigenvalue weighted by molar-refractivity contribution is 7.92. The van der Waals surface area contributed by atoms with Crippen LogP contribution in [-0.2, 0) is 26.2 Å². The zero-order valence-electron chi connectivity index (χ0n) is 19.9. The number of para-hydroxylation sites is 1. The second-order valence-electron chi connectivity index (χ2n) is 7.90. The van der Waals surface area contributed by atoms with Crippen LogP contribution >= 0.6 is 0 Å². The number of aryl methyl sites for hydroxylation is 1. The number of nitrogens with one attached hydrogen (secondary N) is 1. The van der Waals surface area contributed by atoms with Gasteiger partial charge in [-0.25, -0.2) is 8.42 Å². The van der Waals surface area contributed by atoms with E-state index in [1.807, 2.05) is 13.0 Å². The van der Waals surface area contributed by atoms with Crippen LogP contribution < -0.4 is 14.4 Å². The fourth-order valence-corrected chi connectivity index (χ4v) is 4.29. The van der Waals surface area contributed by atoms with Gasteiger partial charge in [0.2, 0.25) is 21.8 Å². The van der Waals surface area contributed by atoms with Gasteiger partial charge in [-0.05, 0) is 49.6 Å². The summed E-state index contributed by atoms with van der Waals surface area (Å²) in [5.41, 5.74) is 1.92. The second-order valence-corrected chi connectivity index (χ2v) is 9.80. The van der Waals surface area contributed by atoms with Crippen LogP contribution in [0.3, 0.4) is 0 Å². The summed E-state index contributed by atoms with van der Waals surface area (Å²) >= 11 is 0. The lowest BCUT2D eigenvalue weighted by Crippen LogP contribution is -2.51. The van der Waals surface area contributed by atoms with E-state index in [9.17, 15) is 18.0 Å². The fraction of sp³-hybridized carbons (Fsp3) is 0.417. The Kier molecular flexibility index (Phi) is 9.28. The number of ether oxygens (including phenoxy) is 1. The van der Waals surface area contributed by atoms with Gasteiger partial charge in [0.25, 0.3) is 0 Å². The average Bonchev–Trinajstić information content (AvgIpc) is 2.78. The molecule has 9 heteroatoms. The van der Waals surface area contributed by atoms with E-state index < -0.39 is 28.5 Å². The number of nitrogens with zero attached hydrogens (tertiary/aromatic N) is 2. The first kappa shape index (κ1) is 26.2. The Balaban J connectivity index is 2.39. The number of anilines is 1. The Labute approximate surface area is 196 Å². The molecule has 2 amide bonds. The number of sulfonamides is 1. The molecule has 0 aliphatic carbocycles. The molecule has 0 aromatic heterocycles. The van der Waals surface area contributed by atoms with Gasteiger partial charge in [-0.1, -0.05) is 37.3 Å². The summed E-state index contributed by atoms with van der Waals surface area (Å²) in [5.74, 6) is -0.152. The summed E-state index contributed by atoms with van der Waals surface area (Å²) in [6.07, 6.45) is 1.83. The summed E-state index contributed by atoms with van der Waals surface area (Å²) in [5, 5.41) is 2.81. The zero-order valence-corrected chi connectivity index (χ0v) is 20.7. The Morgan fingerprint density at radius 2 is 1.82 bits per heavy atom. The number of benzene rings is 2. The molecule has 180 valence electrons. The van der Waals surface area contributed by atoms with E-state index in [0.29, 0.717) is 18.0 Å². The molecule has 1 N–H and O–H groups in total. The lowest BCUT2D eigenvalue weighted by molar-refractivity contribution is -0.139. The van der Waals surface area contributed by atoms with Gasteiger partial charge in [0.1, 0.15) is 18.3 Å². The number of hydrogen-bond acceptors (Lipinski definition) is 5. The third-order valence-corrected chi connectivity index (χ3v) is 6.39. The van der Waals surface area contributed by atoms with Crippen molar-refractivity contribution in [2.24, 2.45) is 0 Å². The summed E-state index contributed by atoms with van der Waals surface area (Å²) < 4.78 is 31.5. The van der Waals surface area contributed by atoms with E-state index in [0.717, 1.165) is 28.1 Å². The quantitative estimate of drug-likeness (QED) is 0.539. The lowest BCUT2D eigenvalue weighted by Gasteiger charge is -2.32. The number of rotatable bonds is 11. The monoisotopic (exact) mass is 475 g/mol. The molecule has 33 heavy (non-hydrogen) atoms. The van der Waals surface area contributed by atoms with E-state index in [2.05, 4.69) is 5.32 Å². The molecule has 0 radical (unpaired) electrons. The van der Waals surface area contributed by atoms with Crippen molar-refractivity contribution >= 4 is 27.5 Å². The standard InChI is InChI=1S/C24H33N3O5S/c1-6-14-25-24(29)19(3)26(16-20-11-9-12-21(15-20)32-4)23(28)17-27(33(5,30)31)22-13-8-7-10-18(22)2/h7-13,15,19H,6,14,16-17H2,1-5H3,(H,25,29)/t19-/m1/s1. The third-order valence-electron chi connectivity index (χ3n) is 5.27. The van der Waals surface area contributed by atoms with Crippen LogP contribution in [0.5, 0.6) is 5.75 Å². The van der Waals surface area contributed by atoms with Gasteiger partial charge in [-0.3, -0.25) is 13.9 Å². The first-order valence-electron chi connectivity index (χ1n) is 10.8. The summed E-state index contributed by atoms with van der Waals surface area (Å²) in [6.45, 7) is 5.56. The van der Waals surface area contributed by atoms with E-state index >= 15 is 0 Å². The smallest absolute Gasteiger partial charge is 0.244 e. The summed E-state index contributed by atoms with van der Waals surface area (Å²) in [6, 6.07) is 13.4. The van der Waals surface area contributed by atoms with E-state index in [1.165, 1.54) is 4.90 Å². The summed E-state index contributed by atoms with van der Waals surface area (Å²) in [7, 11) is -2.20. The molecule has 0 heterocycles. The average molecular weight is 476 g/mol. The van der Waals surface area contributed by atoms with Crippen molar-refractivity contribution in [2.45, 2.75) is 39.8 Å². The second kappa shape index (κ2) is 11.7. The largest absolute Gasteiger partial charge is 0.497 e. The van der Waals surface area contributed by atoms with Gasteiger partial charge in [0, 0.05) is 13.1 Å². The predicted molar refractivity (Wildman–Crippen MR) is 130 cm³/mol. The Bertz CT molecular complexity index is 1070. The lowest BCUT2D eigenvalue weighted by atomic mass is 10.1. The molecule has 0 aliphatic heterocycles. The van der Waals surface area contributed by atoms with Gasteiger partial charge in [0.05, 0.1) is 19.1 Å². The third kappa shape index (κ3) is 7.21. The number of methoxy groups -OCH3 is 1. The molecule has 0 bridgehead atoms. The first-order chi connectivity index (χ1) is 15.6. The molecule has 0 fully saturated rings. The first-order valence-corrected chi connectivity index (χ1v) is 12.7. The van der Waals surface area contributed by atoms with E-state index in [1.54, 1.807) is 63.4 Å². The van der Waals surface area contributed by atoms with Gasteiger partial charge in [0.15, 0.2) is 0 Å². The van der Waals surface area contributed by atoms with E-state index in [-0.39, 0.29) is 12.5 Å². The molecule has 2 aromatic rings. The molecule has 0 spiro atoms. The molecule has 0 saturated heterocycles. The number of carbonyl (C=O) groups is 2. The SMILES string of the molecule is CCCNC(=O)[C@@H](C)N(Cc1cccc(OC)c1)C(=O)CN(c1ccccc1C)S(C)(=O)=O. The molecule has 2 rings (SSSR count). The van der Waals surface area contributed by atoms with Crippen LogP contribution in [0.15, 0.2) is 48.5 Å². The molecule has 8 nitrogen and oxygen atoms in total. The van der Waals surface area contributed by atoms with Gasteiger partial charge in [-0.2, -0.15) is 0 Å². The maximum Gasteiger partial charge on any atom is 0.244 e. The minimum atomic E-state index is -3.75. The van der Waals surface area contributed by atoms with Crippen LogP contribution in [-0.4, -0.2) is 57.6 Å².